The minimum absolute atomic E-state index is 0.000513. The van der Waals surface area contributed by atoms with Crippen LogP contribution in [0.3, 0.4) is 0 Å². The molecule has 1 aromatic carbocycles. The van der Waals surface area contributed by atoms with E-state index < -0.39 is 5.60 Å². The number of nitrogens with one attached hydrogen (secondary N) is 1. The van der Waals surface area contributed by atoms with Gasteiger partial charge < -0.3 is 15.3 Å². The van der Waals surface area contributed by atoms with Gasteiger partial charge in [0.05, 0.1) is 23.5 Å². The fraction of sp³-hybridized carbons (Fsp3) is 0.462. The molecule has 92 valence electrons. The fourth-order valence-corrected chi connectivity index (χ4v) is 1.91. The van der Waals surface area contributed by atoms with Crippen LogP contribution in [0, 0.1) is 0 Å². The van der Waals surface area contributed by atoms with Gasteiger partial charge in [-0.05, 0) is 32.4 Å². The predicted octanol–water partition coefficient (Wildman–Crippen LogP) is 1.61. The minimum Gasteiger partial charge on any atom is -0.390 e. The maximum atomic E-state index is 11.5. The maximum Gasteiger partial charge on any atom is 0.243 e. The molecule has 1 amide bonds. The summed E-state index contributed by atoms with van der Waals surface area (Å²) in [5.74, 6) is -0.000513. The lowest BCUT2D eigenvalue weighted by Gasteiger charge is -2.32. The number of fused-ring (bicyclic) bond motifs is 1. The number of anilines is 2. The summed E-state index contributed by atoms with van der Waals surface area (Å²) in [4.78, 5) is 13.6. The van der Waals surface area contributed by atoms with Crippen molar-refractivity contribution in [3.63, 3.8) is 0 Å². The highest BCUT2D eigenvalue weighted by molar-refractivity contribution is 6.01. The van der Waals surface area contributed by atoms with Crippen LogP contribution in [-0.4, -0.2) is 29.7 Å². The van der Waals surface area contributed by atoms with Gasteiger partial charge in [0, 0.05) is 6.54 Å². The molecule has 0 unspecified atom stereocenters. The Hall–Kier alpha value is -1.55. The van der Waals surface area contributed by atoms with Gasteiger partial charge in [0.15, 0.2) is 0 Å². The summed E-state index contributed by atoms with van der Waals surface area (Å²) >= 11 is 0. The molecule has 0 atom stereocenters. The summed E-state index contributed by atoms with van der Waals surface area (Å²) in [5, 5.41) is 12.6. The second-order valence-electron chi connectivity index (χ2n) is 5.05. The van der Waals surface area contributed by atoms with Gasteiger partial charge >= 0.3 is 0 Å². The number of aliphatic hydroxyl groups is 1. The molecule has 17 heavy (non-hydrogen) atoms. The van der Waals surface area contributed by atoms with Crippen LogP contribution in [0.5, 0.6) is 0 Å². The van der Waals surface area contributed by atoms with E-state index in [2.05, 4.69) is 5.32 Å². The van der Waals surface area contributed by atoms with Gasteiger partial charge in [0.1, 0.15) is 0 Å². The average Bonchev–Trinajstić information content (AvgIpc) is 2.24. The molecule has 1 heterocycles. The van der Waals surface area contributed by atoms with Crippen LogP contribution in [0.25, 0.3) is 0 Å². The Kier molecular flexibility index (Phi) is 3.07. The number of carbonyl (C=O) groups excluding carboxylic acids is 1. The molecule has 0 saturated carbocycles. The zero-order valence-corrected chi connectivity index (χ0v) is 10.2. The molecule has 0 radical (unpaired) electrons. The Morgan fingerprint density at radius 1 is 1.41 bits per heavy atom. The summed E-state index contributed by atoms with van der Waals surface area (Å²) < 4.78 is 0. The van der Waals surface area contributed by atoms with Crippen molar-refractivity contribution in [3.05, 3.63) is 24.3 Å². The van der Waals surface area contributed by atoms with Crippen LogP contribution in [0.15, 0.2) is 24.3 Å². The predicted molar refractivity (Wildman–Crippen MR) is 68.2 cm³/mol. The molecule has 1 aliphatic heterocycles. The summed E-state index contributed by atoms with van der Waals surface area (Å²) in [7, 11) is 0. The van der Waals surface area contributed by atoms with Crippen molar-refractivity contribution in [2.75, 3.05) is 23.3 Å². The van der Waals surface area contributed by atoms with Crippen LogP contribution in [0.2, 0.25) is 0 Å². The van der Waals surface area contributed by atoms with Crippen molar-refractivity contribution >= 4 is 17.3 Å². The Balaban J connectivity index is 2.15. The Morgan fingerprint density at radius 3 is 2.82 bits per heavy atom. The Bertz CT molecular complexity index is 424. The normalized spacial score (nSPS) is 15.5. The number of para-hydroxylation sites is 2. The molecule has 0 fully saturated rings. The smallest absolute Gasteiger partial charge is 0.243 e. The molecule has 2 rings (SSSR count). The molecular weight excluding hydrogens is 216 g/mol. The zero-order valence-electron chi connectivity index (χ0n) is 10.2. The number of hydrogen-bond acceptors (Lipinski definition) is 3. The van der Waals surface area contributed by atoms with Crippen molar-refractivity contribution in [3.8, 4) is 0 Å². The van der Waals surface area contributed by atoms with Crippen molar-refractivity contribution in [2.24, 2.45) is 0 Å². The van der Waals surface area contributed by atoms with E-state index in [0.717, 1.165) is 11.4 Å². The van der Waals surface area contributed by atoms with E-state index in [1.807, 2.05) is 29.2 Å². The molecule has 4 heteroatoms. The first kappa shape index (κ1) is 11.9. The standard InChI is InChI=1S/C13H18N2O2/c1-13(2,17)7-8-15-9-12(16)14-10-5-3-4-6-11(10)15/h3-6,17H,7-9H2,1-2H3,(H,14,16). The van der Waals surface area contributed by atoms with Gasteiger partial charge in [-0.3, -0.25) is 4.79 Å². The lowest BCUT2D eigenvalue weighted by atomic mass is 10.0. The summed E-state index contributed by atoms with van der Waals surface area (Å²) in [6.07, 6.45) is 0.634. The summed E-state index contributed by atoms with van der Waals surface area (Å²) in [6, 6.07) is 7.73. The minimum atomic E-state index is -0.705. The third-order valence-corrected chi connectivity index (χ3v) is 2.85. The number of nitrogens with zero attached hydrogens (tertiary/aromatic N) is 1. The van der Waals surface area contributed by atoms with E-state index in [9.17, 15) is 9.90 Å². The van der Waals surface area contributed by atoms with E-state index in [0.29, 0.717) is 19.5 Å². The van der Waals surface area contributed by atoms with Gasteiger partial charge in [-0.2, -0.15) is 0 Å². The van der Waals surface area contributed by atoms with Crippen LogP contribution >= 0.6 is 0 Å². The van der Waals surface area contributed by atoms with Crippen LogP contribution in [0.1, 0.15) is 20.3 Å². The highest BCUT2D eigenvalue weighted by Gasteiger charge is 2.23. The van der Waals surface area contributed by atoms with Crippen molar-refractivity contribution in [1.82, 2.24) is 0 Å². The van der Waals surface area contributed by atoms with E-state index in [1.54, 1.807) is 13.8 Å². The molecule has 2 N–H and O–H groups in total. The van der Waals surface area contributed by atoms with E-state index in [-0.39, 0.29) is 5.91 Å². The molecule has 0 aliphatic carbocycles. The van der Waals surface area contributed by atoms with E-state index in [1.165, 1.54) is 0 Å². The van der Waals surface area contributed by atoms with Crippen molar-refractivity contribution in [2.45, 2.75) is 25.9 Å². The molecule has 0 bridgehead atoms. The summed E-state index contributed by atoms with van der Waals surface area (Å²) in [5.41, 5.74) is 1.17. The summed E-state index contributed by atoms with van der Waals surface area (Å²) in [6.45, 7) is 4.59. The Labute approximate surface area is 101 Å². The highest BCUT2D eigenvalue weighted by Crippen LogP contribution is 2.29. The first-order valence-corrected chi connectivity index (χ1v) is 5.82. The number of amides is 1. The molecule has 4 nitrogen and oxygen atoms in total. The molecule has 1 aliphatic rings. The van der Waals surface area contributed by atoms with Gasteiger partial charge in [-0.25, -0.2) is 0 Å². The van der Waals surface area contributed by atoms with Gasteiger partial charge in [0.25, 0.3) is 0 Å². The number of benzene rings is 1. The van der Waals surface area contributed by atoms with Gasteiger partial charge in [-0.1, -0.05) is 12.1 Å². The van der Waals surface area contributed by atoms with Gasteiger partial charge in [-0.15, -0.1) is 0 Å². The molecule has 1 aromatic rings. The number of hydrogen-bond donors (Lipinski definition) is 2. The lowest BCUT2D eigenvalue weighted by Crippen LogP contribution is -2.40. The zero-order chi connectivity index (χ0) is 12.5. The molecule has 0 saturated heterocycles. The first-order chi connectivity index (χ1) is 7.96. The van der Waals surface area contributed by atoms with Crippen LogP contribution in [0.4, 0.5) is 11.4 Å². The van der Waals surface area contributed by atoms with Crippen LogP contribution < -0.4 is 10.2 Å². The SMILES string of the molecule is CC(C)(O)CCN1CC(=O)Nc2ccccc21. The third-order valence-electron chi connectivity index (χ3n) is 2.85. The second-order valence-corrected chi connectivity index (χ2v) is 5.05. The number of rotatable bonds is 3. The largest absolute Gasteiger partial charge is 0.390 e. The Morgan fingerprint density at radius 2 is 2.12 bits per heavy atom. The van der Waals surface area contributed by atoms with E-state index >= 15 is 0 Å². The maximum absolute atomic E-state index is 11.5. The quantitative estimate of drug-likeness (QED) is 0.835. The number of carbonyl (C=O) groups is 1. The van der Waals surface area contributed by atoms with Crippen molar-refractivity contribution < 1.29 is 9.90 Å². The lowest BCUT2D eigenvalue weighted by molar-refractivity contribution is -0.115. The van der Waals surface area contributed by atoms with E-state index in [4.69, 9.17) is 0 Å². The topological polar surface area (TPSA) is 52.6 Å². The monoisotopic (exact) mass is 234 g/mol. The van der Waals surface area contributed by atoms with Gasteiger partial charge in [0.2, 0.25) is 5.91 Å². The second kappa shape index (κ2) is 4.37. The molecular formula is C13H18N2O2. The highest BCUT2D eigenvalue weighted by atomic mass is 16.3. The fourth-order valence-electron chi connectivity index (χ4n) is 1.91. The molecule has 0 spiro atoms. The van der Waals surface area contributed by atoms with Crippen LogP contribution in [-0.2, 0) is 4.79 Å². The average molecular weight is 234 g/mol. The molecule has 0 aromatic heterocycles. The van der Waals surface area contributed by atoms with Crippen molar-refractivity contribution in [1.29, 1.82) is 0 Å². The third kappa shape index (κ3) is 2.97. The first-order valence-electron chi connectivity index (χ1n) is 5.82.